The Morgan fingerprint density at radius 1 is 1.24 bits per heavy atom. The number of esters is 2. The Hall–Kier alpha value is -1.53. The molecule has 1 aliphatic heterocycles. The number of ether oxygens (including phenoxy) is 2. The molecule has 1 fully saturated rings. The molecule has 0 saturated carbocycles. The monoisotopic (exact) mass is 373 g/mol. The molecule has 21 heavy (non-hydrogen) atoms. The van der Waals surface area contributed by atoms with Crippen LogP contribution in [0.3, 0.4) is 0 Å². The molecule has 0 atom stereocenters. The van der Waals surface area contributed by atoms with E-state index in [1.54, 1.807) is 12.1 Å². The first-order valence-corrected chi connectivity index (χ1v) is 7.26. The Balaban J connectivity index is 2.28. The van der Waals surface area contributed by atoms with Crippen molar-refractivity contribution in [1.29, 1.82) is 0 Å². The van der Waals surface area contributed by atoms with Crippen LogP contribution in [0.5, 0.6) is 0 Å². The van der Waals surface area contributed by atoms with Crippen molar-refractivity contribution in [1.82, 2.24) is 0 Å². The predicted molar refractivity (Wildman–Crippen MR) is 81.9 cm³/mol. The third-order valence-electron chi connectivity index (χ3n) is 2.83. The summed E-state index contributed by atoms with van der Waals surface area (Å²) in [7, 11) is 0. The van der Waals surface area contributed by atoms with Crippen LogP contribution in [-0.2, 0) is 19.1 Å². The lowest BCUT2D eigenvalue weighted by atomic mass is 10.2. The second kappa shape index (κ2) is 5.69. The van der Waals surface area contributed by atoms with Gasteiger partial charge in [0.2, 0.25) is 0 Å². The summed E-state index contributed by atoms with van der Waals surface area (Å²) in [5.74, 6) is -2.72. The SMILES string of the molecule is Cc1c(Cl)ccc(Br)c1NC=C1C(=O)OC(C)(C)OC1=O. The Bertz CT molecular complexity index is 633. The summed E-state index contributed by atoms with van der Waals surface area (Å²) in [6.45, 7) is 4.80. The van der Waals surface area contributed by atoms with E-state index in [0.29, 0.717) is 10.7 Å². The van der Waals surface area contributed by atoms with Crippen molar-refractivity contribution >= 4 is 45.2 Å². The lowest BCUT2D eigenvalue weighted by Gasteiger charge is -2.29. The van der Waals surface area contributed by atoms with Crippen molar-refractivity contribution < 1.29 is 19.1 Å². The van der Waals surface area contributed by atoms with Crippen molar-refractivity contribution in [2.24, 2.45) is 0 Å². The van der Waals surface area contributed by atoms with Gasteiger partial charge in [0.15, 0.2) is 5.57 Å². The molecule has 1 aliphatic rings. The molecule has 0 spiro atoms. The quantitative estimate of drug-likeness (QED) is 0.487. The molecular weight excluding hydrogens is 362 g/mol. The second-order valence-corrected chi connectivity index (χ2v) is 6.17. The van der Waals surface area contributed by atoms with Crippen LogP contribution in [0, 0.1) is 6.92 Å². The third-order valence-corrected chi connectivity index (χ3v) is 3.90. The predicted octanol–water partition coefficient (Wildman–Crippen LogP) is 3.54. The minimum atomic E-state index is -1.25. The van der Waals surface area contributed by atoms with Crippen LogP contribution >= 0.6 is 27.5 Å². The number of hydrogen-bond acceptors (Lipinski definition) is 5. The van der Waals surface area contributed by atoms with Gasteiger partial charge in [-0.15, -0.1) is 0 Å². The number of benzene rings is 1. The topological polar surface area (TPSA) is 64.6 Å². The summed E-state index contributed by atoms with van der Waals surface area (Å²) in [6, 6.07) is 3.50. The molecule has 0 aliphatic carbocycles. The Kier molecular flexibility index (Phi) is 4.30. The van der Waals surface area contributed by atoms with E-state index in [2.05, 4.69) is 21.2 Å². The molecule has 0 amide bonds. The molecule has 1 aromatic rings. The lowest BCUT2D eigenvalue weighted by Crippen LogP contribution is -2.42. The van der Waals surface area contributed by atoms with Crippen molar-refractivity contribution in [2.75, 3.05) is 5.32 Å². The first kappa shape index (κ1) is 15.9. The normalized spacial score (nSPS) is 17.1. The average molecular weight is 375 g/mol. The van der Waals surface area contributed by atoms with Crippen molar-refractivity contribution in [3.05, 3.63) is 39.0 Å². The van der Waals surface area contributed by atoms with Crippen LogP contribution in [-0.4, -0.2) is 17.7 Å². The maximum Gasteiger partial charge on any atom is 0.350 e. The standard InChI is InChI=1S/C14H13BrClNO4/c1-7-10(16)5-4-9(15)11(7)17-6-8-12(18)20-14(2,3)21-13(8)19/h4-6,17H,1-3H3. The second-order valence-electron chi connectivity index (χ2n) is 4.91. The van der Waals surface area contributed by atoms with Gasteiger partial charge in [-0.2, -0.15) is 0 Å². The molecule has 1 saturated heterocycles. The fourth-order valence-corrected chi connectivity index (χ4v) is 2.45. The fourth-order valence-electron chi connectivity index (χ4n) is 1.75. The van der Waals surface area contributed by atoms with Crippen LogP contribution < -0.4 is 5.32 Å². The highest BCUT2D eigenvalue weighted by atomic mass is 79.9. The molecule has 0 aromatic heterocycles. The minimum Gasteiger partial charge on any atom is -0.419 e. The molecule has 2 rings (SSSR count). The van der Waals surface area contributed by atoms with E-state index in [4.69, 9.17) is 21.1 Å². The summed E-state index contributed by atoms with van der Waals surface area (Å²) in [6.07, 6.45) is 1.25. The number of nitrogens with one attached hydrogen (secondary N) is 1. The summed E-state index contributed by atoms with van der Waals surface area (Å²) in [5.41, 5.74) is 1.22. The zero-order valence-corrected chi connectivity index (χ0v) is 14.0. The van der Waals surface area contributed by atoms with Crippen molar-refractivity contribution in [2.45, 2.75) is 26.6 Å². The van der Waals surface area contributed by atoms with Crippen LogP contribution in [0.1, 0.15) is 19.4 Å². The van der Waals surface area contributed by atoms with Gasteiger partial charge in [-0.25, -0.2) is 9.59 Å². The molecule has 112 valence electrons. The average Bonchev–Trinajstić information content (AvgIpc) is 2.35. The number of carbonyl (C=O) groups excluding carboxylic acids is 2. The van der Waals surface area contributed by atoms with E-state index in [9.17, 15) is 9.59 Å². The Morgan fingerprint density at radius 2 is 1.81 bits per heavy atom. The van der Waals surface area contributed by atoms with Gasteiger partial charge in [0.25, 0.3) is 5.79 Å². The molecule has 5 nitrogen and oxygen atoms in total. The smallest absolute Gasteiger partial charge is 0.350 e. The van der Waals surface area contributed by atoms with E-state index in [-0.39, 0.29) is 5.57 Å². The van der Waals surface area contributed by atoms with E-state index < -0.39 is 17.7 Å². The lowest BCUT2D eigenvalue weighted by molar-refractivity contribution is -0.222. The maximum absolute atomic E-state index is 11.8. The van der Waals surface area contributed by atoms with E-state index in [0.717, 1.165) is 10.0 Å². The summed E-state index contributed by atoms with van der Waals surface area (Å²) in [4.78, 5) is 23.6. The number of cyclic esters (lactones) is 2. The highest BCUT2D eigenvalue weighted by molar-refractivity contribution is 9.10. The van der Waals surface area contributed by atoms with Crippen LogP contribution in [0.4, 0.5) is 5.69 Å². The maximum atomic E-state index is 11.8. The first-order chi connectivity index (χ1) is 9.71. The van der Waals surface area contributed by atoms with Crippen molar-refractivity contribution in [3.8, 4) is 0 Å². The van der Waals surface area contributed by atoms with Gasteiger partial charge in [-0.3, -0.25) is 0 Å². The largest absolute Gasteiger partial charge is 0.419 e. The molecular formula is C14H13BrClNO4. The molecule has 0 radical (unpaired) electrons. The van der Waals surface area contributed by atoms with E-state index in [1.165, 1.54) is 20.0 Å². The molecule has 1 aromatic carbocycles. The number of carbonyl (C=O) groups is 2. The first-order valence-electron chi connectivity index (χ1n) is 6.09. The number of halogens is 2. The molecule has 0 unspecified atom stereocenters. The molecule has 1 heterocycles. The van der Waals surface area contributed by atoms with Gasteiger partial charge in [-0.1, -0.05) is 11.6 Å². The van der Waals surface area contributed by atoms with Crippen LogP contribution in [0.2, 0.25) is 5.02 Å². The third kappa shape index (κ3) is 3.39. The van der Waals surface area contributed by atoms with Crippen LogP contribution in [0.15, 0.2) is 28.4 Å². The fraction of sp³-hybridized carbons (Fsp3) is 0.286. The van der Waals surface area contributed by atoms with E-state index in [1.807, 2.05) is 6.92 Å². The molecule has 7 heteroatoms. The molecule has 0 bridgehead atoms. The zero-order chi connectivity index (χ0) is 15.8. The van der Waals surface area contributed by atoms with Gasteiger partial charge in [-0.05, 0) is 40.5 Å². The van der Waals surface area contributed by atoms with E-state index >= 15 is 0 Å². The van der Waals surface area contributed by atoms with Gasteiger partial charge in [0.05, 0.1) is 5.69 Å². The summed E-state index contributed by atoms with van der Waals surface area (Å²) < 4.78 is 10.8. The summed E-state index contributed by atoms with van der Waals surface area (Å²) >= 11 is 9.41. The van der Waals surface area contributed by atoms with Gasteiger partial charge in [0.1, 0.15) is 0 Å². The summed E-state index contributed by atoms with van der Waals surface area (Å²) in [5, 5.41) is 3.45. The number of anilines is 1. The molecule has 1 N–H and O–H groups in total. The number of rotatable bonds is 2. The Labute approximate surface area is 135 Å². The highest BCUT2D eigenvalue weighted by Gasteiger charge is 2.38. The van der Waals surface area contributed by atoms with Crippen molar-refractivity contribution in [3.63, 3.8) is 0 Å². The number of hydrogen-bond donors (Lipinski definition) is 1. The minimum absolute atomic E-state index is 0.208. The Morgan fingerprint density at radius 3 is 2.38 bits per heavy atom. The van der Waals surface area contributed by atoms with Gasteiger partial charge >= 0.3 is 11.9 Å². The van der Waals surface area contributed by atoms with Crippen LogP contribution in [0.25, 0.3) is 0 Å². The van der Waals surface area contributed by atoms with Gasteiger partial charge < -0.3 is 14.8 Å². The highest BCUT2D eigenvalue weighted by Crippen LogP contribution is 2.32. The van der Waals surface area contributed by atoms with Gasteiger partial charge in [0, 0.05) is 29.5 Å². The zero-order valence-electron chi connectivity index (χ0n) is 11.6.